The molecule has 1 aliphatic rings. The molecule has 1 fully saturated rings. The lowest BCUT2D eigenvalue weighted by atomic mass is 10.0. The molecule has 27 heavy (non-hydrogen) atoms. The van der Waals surface area contributed by atoms with Gasteiger partial charge in [0, 0.05) is 29.3 Å². The van der Waals surface area contributed by atoms with Gasteiger partial charge in [0.25, 0.3) is 5.91 Å². The van der Waals surface area contributed by atoms with Crippen molar-refractivity contribution in [2.75, 3.05) is 5.32 Å². The third-order valence-corrected chi connectivity index (χ3v) is 4.79. The number of aliphatic imine (C=N–C) groups is 1. The molecule has 0 saturated heterocycles. The number of nitrogens with one attached hydrogen (secondary N) is 2. The van der Waals surface area contributed by atoms with Crippen LogP contribution in [0.15, 0.2) is 50.1 Å². The van der Waals surface area contributed by atoms with Crippen molar-refractivity contribution < 1.29 is 9.21 Å². The first kappa shape index (κ1) is 18.9. The molecular formula is C21H26N4O2. The Bertz CT molecular complexity index is 973. The first-order valence-electron chi connectivity index (χ1n) is 9.04. The van der Waals surface area contributed by atoms with Crippen LogP contribution in [0.1, 0.15) is 46.4 Å². The van der Waals surface area contributed by atoms with Crippen molar-refractivity contribution in [3.05, 3.63) is 46.6 Å². The van der Waals surface area contributed by atoms with Crippen LogP contribution in [0.4, 0.5) is 5.69 Å². The number of carbonyl (C=O) groups excluding carboxylic acids is 1. The van der Waals surface area contributed by atoms with Gasteiger partial charge in [0.15, 0.2) is 11.5 Å². The Balaban J connectivity index is 1.88. The fourth-order valence-corrected chi connectivity index (χ4v) is 3.05. The van der Waals surface area contributed by atoms with Crippen LogP contribution in [0.25, 0.3) is 11.1 Å². The molecule has 3 rings (SSSR count). The Hall–Kier alpha value is -2.89. The summed E-state index contributed by atoms with van der Waals surface area (Å²) in [5.41, 5.74) is 4.43. The number of carbonyl (C=O) groups is 1. The molecule has 0 aliphatic heterocycles. The van der Waals surface area contributed by atoms with Gasteiger partial charge in [-0.15, -0.1) is 0 Å². The van der Waals surface area contributed by atoms with E-state index in [4.69, 9.17) is 4.42 Å². The number of rotatable bonds is 6. The minimum atomic E-state index is -0.184. The number of aromatic nitrogens is 1. The van der Waals surface area contributed by atoms with E-state index in [1.807, 2.05) is 39.0 Å². The second-order valence-corrected chi connectivity index (χ2v) is 7.56. The summed E-state index contributed by atoms with van der Waals surface area (Å²) in [6.45, 7) is 13.3. The van der Waals surface area contributed by atoms with Gasteiger partial charge in [0.05, 0.1) is 0 Å². The van der Waals surface area contributed by atoms with Crippen LogP contribution in [-0.4, -0.2) is 23.1 Å². The second-order valence-electron chi connectivity index (χ2n) is 7.56. The van der Waals surface area contributed by atoms with Crippen molar-refractivity contribution in [2.45, 2.75) is 53.0 Å². The van der Waals surface area contributed by atoms with Crippen LogP contribution < -0.4 is 10.6 Å². The Morgan fingerprint density at radius 3 is 2.59 bits per heavy atom. The third-order valence-electron chi connectivity index (χ3n) is 4.79. The maximum absolute atomic E-state index is 13.0. The minimum Gasteiger partial charge on any atom is -0.441 e. The Kier molecular flexibility index (Phi) is 4.91. The van der Waals surface area contributed by atoms with E-state index < -0.39 is 0 Å². The molecular weight excluding hydrogens is 340 g/mol. The summed E-state index contributed by atoms with van der Waals surface area (Å²) < 4.78 is 5.48. The molecule has 1 saturated carbocycles. The van der Waals surface area contributed by atoms with Gasteiger partial charge in [-0.25, -0.2) is 9.98 Å². The van der Waals surface area contributed by atoms with E-state index in [9.17, 15) is 4.79 Å². The third kappa shape index (κ3) is 4.10. The summed E-state index contributed by atoms with van der Waals surface area (Å²) in [5, 5.41) is 6.37. The van der Waals surface area contributed by atoms with Crippen LogP contribution in [0.5, 0.6) is 0 Å². The van der Waals surface area contributed by atoms with Gasteiger partial charge in [0.2, 0.25) is 0 Å². The summed E-state index contributed by atoms with van der Waals surface area (Å²) in [7, 11) is 0. The lowest BCUT2D eigenvalue weighted by Crippen LogP contribution is -2.28. The topological polar surface area (TPSA) is 79.5 Å². The molecule has 0 radical (unpaired) electrons. The number of allylic oxidation sites excluding steroid dienone is 1. The first-order chi connectivity index (χ1) is 12.7. The normalized spacial score (nSPS) is 15.7. The van der Waals surface area contributed by atoms with Crippen molar-refractivity contribution in [3.63, 3.8) is 0 Å². The molecule has 0 spiro atoms. The highest BCUT2D eigenvalue weighted by Gasteiger charge is 2.38. The number of fused-ring (bicyclic) bond motifs is 1. The number of hydrogen-bond acceptors (Lipinski definition) is 5. The number of benzene rings is 1. The fourth-order valence-electron chi connectivity index (χ4n) is 3.05. The van der Waals surface area contributed by atoms with E-state index in [-0.39, 0.29) is 11.4 Å². The number of oxazole rings is 1. The number of anilines is 1. The molecule has 2 N–H and O–H groups in total. The SMILES string of the molecule is C=N/C(NC1(C)CC1)=C(\C)C(C(=O)Nc1ccc2oc(C)nc2c1)=C(C)C. The molecule has 6 heteroatoms. The Morgan fingerprint density at radius 1 is 1.30 bits per heavy atom. The number of nitrogens with zero attached hydrogens (tertiary/aromatic N) is 2. The van der Waals surface area contributed by atoms with E-state index >= 15 is 0 Å². The summed E-state index contributed by atoms with van der Waals surface area (Å²) in [5.74, 6) is 1.07. The fraction of sp³-hybridized carbons (Fsp3) is 0.381. The van der Waals surface area contributed by atoms with E-state index in [0.717, 1.165) is 24.0 Å². The van der Waals surface area contributed by atoms with Crippen molar-refractivity contribution in [1.29, 1.82) is 0 Å². The zero-order valence-corrected chi connectivity index (χ0v) is 16.6. The minimum absolute atomic E-state index is 0.0524. The highest BCUT2D eigenvalue weighted by atomic mass is 16.3. The van der Waals surface area contributed by atoms with Crippen LogP contribution in [0.3, 0.4) is 0 Å². The molecule has 0 atom stereocenters. The van der Waals surface area contributed by atoms with Gasteiger partial charge in [-0.1, -0.05) is 5.57 Å². The monoisotopic (exact) mass is 366 g/mol. The van der Waals surface area contributed by atoms with Crippen molar-refractivity contribution in [1.82, 2.24) is 10.3 Å². The molecule has 2 aromatic rings. The molecule has 1 aliphatic carbocycles. The summed E-state index contributed by atoms with van der Waals surface area (Å²) in [4.78, 5) is 21.4. The molecule has 6 nitrogen and oxygen atoms in total. The number of amides is 1. The quantitative estimate of drug-likeness (QED) is 0.449. The van der Waals surface area contributed by atoms with Crippen LogP contribution >= 0.6 is 0 Å². The van der Waals surface area contributed by atoms with Crippen molar-refractivity contribution in [2.24, 2.45) is 4.99 Å². The van der Waals surface area contributed by atoms with Gasteiger partial charge in [-0.2, -0.15) is 0 Å². The maximum Gasteiger partial charge on any atom is 0.255 e. The largest absolute Gasteiger partial charge is 0.441 e. The Labute approximate surface area is 159 Å². The van der Waals surface area contributed by atoms with E-state index in [2.05, 4.69) is 34.3 Å². The smallest absolute Gasteiger partial charge is 0.255 e. The first-order valence-corrected chi connectivity index (χ1v) is 9.04. The molecule has 1 aromatic carbocycles. The van der Waals surface area contributed by atoms with E-state index in [1.54, 1.807) is 6.92 Å². The molecule has 1 heterocycles. The zero-order valence-electron chi connectivity index (χ0n) is 16.6. The average Bonchev–Trinajstić information content (AvgIpc) is 3.19. The van der Waals surface area contributed by atoms with Crippen molar-refractivity contribution >= 4 is 29.4 Å². The van der Waals surface area contributed by atoms with Gasteiger partial charge in [0.1, 0.15) is 11.3 Å². The van der Waals surface area contributed by atoms with Crippen LogP contribution in [-0.2, 0) is 4.79 Å². The lowest BCUT2D eigenvalue weighted by Gasteiger charge is -2.18. The molecule has 142 valence electrons. The van der Waals surface area contributed by atoms with Gasteiger partial charge in [-0.05, 0) is 65.5 Å². The van der Waals surface area contributed by atoms with Gasteiger partial charge < -0.3 is 15.1 Å². The van der Waals surface area contributed by atoms with Crippen LogP contribution in [0, 0.1) is 6.92 Å². The predicted molar refractivity (Wildman–Crippen MR) is 109 cm³/mol. The van der Waals surface area contributed by atoms with Gasteiger partial charge >= 0.3 is 0 Å². The Morgan fingerprint density at radius 2 is 2.00 bits per heavy atom. The van der Waals surface area contributed by atoms with E-state index in [0.29, 0.717) is 34.1 Å². The predicted octanol–water partition coefficient (Wildman–Crippen LogP) is 4.49. The second kappa shape index (κ2) is 7.02. The van der Waals surface area contributed by atoms with Crippen LogP contribution in [0.2, 0.25) is 0 Å². The summed E-state index contributed by atoms with van der Waals surface area (Å²) in [6, 6.07) is 5.42. The standard InChI is InChI=1S/C21H26N4O2/c1-12(2)18(13(3)19(22-6)25-21(5)9-10-21)20(26)24-15-7-8-17-16(11-15)23-14(4)27-17/h7-8,11,25H,6,9-10H2,1-5H3,(H,24,26)/b19-13-. The maximum atomic E-state index is 13.0. The highest BCUT2D eigenvalue weighted by molar-refractivity contribution is 6.07. The lowest BCUT2D eigenvalue weighted by molar-refractivity contribution is -0.112. The van der Waals surface area contributed by atoms with Gasteiger partial charge in [-0.3, -0.25) is 4.79 Å². The summed E-state index contributed by atoms with van der Waals surface area (Å²) in [6.07, 6.45) is 2.18. The molecule has 0 unspecified atom stereocenters. The average molecular weight is 366 g/mol. The molecule has 0 bridgehead atoms. The summed E-state index contributed by atoms with van der Waals surface area (Å²) >= 11 is 0. The number of hydrogen-bond donors (Lipinski definition) is 2. The number of aryl methyl sites for hydroxylation is 1. The zero-order chi connectivity index (χ0) is 19.8. The molecule has 1 amide bonds. The molecule has 1 aromatic heterocycles. The van der Waals surface area contributed by atoms with E-state index in [1.165, 1.54) is 0 Å². The van der Waals surface area contributed by atoms with Crippen molar-refractivity contribution in [3.8, 4) is 0 Å². The highest BCUT2D eigenvalue weighted by Crippen LogP contribution is 2.36.